The maximum absolute atomic E-state index is 11.7. The minimum absolute atomic E-state index is 0.564. The summed E-state index contributed by atoms with van der Waals surface area (Å²) in [5.74, 6) is -0.937. The van der Waals surface area contributed by atoms with Gasteiger partial charge in [0.05, 0.1) is 13.1 Å². The number of hydrogen-bond acceptors (Lipinski definition) is 4. The molecule has 0 aliphatic carbocycles. The fraction of sp³-hybridized carbons (Fsp3) is 0.818. The molecule has 6 nitrogen and oxygen atoms in total. The first-order valence-corrected chi connectivity index (χ1v) is 6.13. The fourth-order valence-electron chi connectivity index (χ4n) is 0.728. The Bertz CT molecular complexity index is 377. The summed E-state index contributed by atoms with van der Waals surface area (Å²) in [5.41, 5.74) is 3.45. The van der Waals surface area contributed by atoms with Crippen LogP contribution in [0, 0.1) is 0 Å². The average Bonchev–Trinajstić information content (AvgIpc) is 2.31. The predicted molar refractivity (Wildman–Crippen MR) is 68.4 cm³/mol. The van der Waals surface area contributed by atoms with Gasteiger partial charge in [0, 0.05) is 0 Å². The van der Waals surface area contributed by atoms with E-state index < -0.39 is 49.6 Å². The van der Waals surface area contributed by atoms with Crippen molar-refractivity contribution in [3.63, 3.8) is 0 Å². The van der Waals surface area contributed by atoms with Crippen LogP contribution in [0.25, 0.3) is 0 Å². The van der Waals surface area contributed by atoms with Gasteiger partial charge in [-0.2, -0.15) is 26.3 Å². The summed E-state index contributed by atoms with van der Waals surface area (Å²) in [6.45, 7) is 1.64. The van der Waals surface area contributed by atoms with Gasteiger partial charge in [-0.05, 0) is 20.8 Å². The molecule has 0 fully saturated rings. The number of ether oxygens (including phenoxy) is 1. The first kappa shape index (κ1) is 23.5. The third-order valence-electron chi connectivity index (χ3n) is 1.51. The largest absolute Gasteiger partial charge is 0.444 e. The van der Waals surface area contributed by atoms with Crippen LogP contribution in [-0.2, 0) is 9.53 Å². The Morgan fingerprint density at radius 3 is 1.70 bits per heavy atom. The first-order chi connectivity index (χ1) is 10.1. The van der Waals surface area contributed by atoms with Crippen LogP contribution < -0.4 is 16.4 Å². The number of carbonyl (C=O) groups is 2. The molecule has 12 heteroatoms. The summed E-state index contributed by atoms with van der Waals surface area (Å²) in [6.07, 6.45) is -9.51. The van der Waals surface area contributed by atoms with E-state index in [0.29, 0.717) is 0 Å². The number of hydrogen-bond donors (Lipinski definition) is 3. The molecule has 0 aliphatic rings. The molecule has 23 heavy (non-hydrogen) atoms. The average molecular weight is 355 g/mol. The van der Waals surface area contributed by atoms with Gasteiger partial charge in [0.1, 0.15) is 12.1 Å². The molecule has 0 heterocycles. The van der Waals surface area contributed by atoms with Gasteiger partial charge in [-0.25, -0.2) is 4.79 Å². The highest BCUT2D eigenvalue weighted by atomic mass is 19.4. The molecule has 4 N–H and O–H groups in total. The van der Waals surface area contributed by atoms with Crippen molar-refractivity contribution in [2.75, 3.05) is 19.6 Å². The van der Waals surface area contributed by atoms with E-state index in [9.17, 15) is 35.9 Å². The molecule has 0 rings (SSSR count). The summed E-state index contributed by atoms with van der Waals surface area (Å²) in [6, 6.07) is 0. The lowest BCUT2D eigenvalue weighted by atomic mass is 10.2. The number of halogens is 6. The molecule has 0 aromatic rings. The molecule has 0 aromatic carbocycles. The Morgan fingerprint density at radius 2 is 1.39 bits per heavy atom. The van der Waals surface area contributed by atoms with Crippen LogP contribution in [0.4, 0.5) is 31.1 Å². The zero-order valence-corrected chi connectivity index (χ0v) is 12.7. The van der Waals surface area contributed by atoms with E-state index in [4.69, 9.17) is 4.74 Å². The Morgan fingerprint density at radius 1 is 0.957 bits per heavy atom. The van der Waals surface area contributed by atoms with Crippen LogP contribution in [0.5, 0.6) is 0 Å². The minimum atomic E-state index is -4.47. The molecular weight excluding hydrogens is 336 g/mol. The summed E-state index contributed by atoms with van der Waals surface area (Å²) in [4.78, 5) is 21.9. The summed E-state index contributed by atoms with van der Waals surface area (Å²) >= 11 is 0. The molecule has 138 valence electrons. The Hall–Kier alpha value is -1.72. The Labute approximate surface area is 128 Å². The smallest absolute Gasteiger partial charge is 0.408 e. The third kappa shape index (κ3) is 22.7. The highest BCUT2D eigenvalue weighted by molar-refractivity contribution is 5.82. The van der Waals surface area contributed by atoms with Crippen molar-refractivity contribution in [3.05, 3.63) is 0 Å². The van der Waals surface area contributed by atoms with Crippen molar-refractivity contribution in [1.82, 2.24) is 10.6 Å². The molecule has 0 bridgehead atoms. The van der Waals surface area contributed by atoms with Crippen molar-refractivity contribution >= 4 is 12.0 Å². The van der Waals surface area contributed by atoms with E-state index in [1.54, 1.807) is 26.1 Å². The zero-order chi connectivity index (χ0) is 18.9. The van der Waals surface area contributed by atoms with E-state index in [-0.39, 0.29) is 0 Å². The standard InChI is InChI=1S/C9H15F3N2O3.C2H4F3N/c1-8(2,3)17-7(16)13-4-6(15)14-5-9(10,11)12;3-2(4,5)1-6/h4-5H2,1-3H3,(H,13,16)(H,14,15);1,6H2. The molecule has 0 atom stereocenters. The van der Waals surface area contributed by atoms with E-state index in [2.05, 4.69) is 5.73 Å². The molecule has 2 amide bonds. The first-order valence-electron chi connectivity index (χ1n) is 6.13. The van der Waals surface area contributed by atoms with Crippen molar-refractivity contribution in [1.29, 1.82) is 0 Å². The normalized spacial score (nSPS) is 11.9. The van der Waals surface area contributed by atoms with Crippen molar-refractivity contribution < 1.29 is 40.7 Å². The second kappa shape index (κ2) is 9.43. The zero-order valence-electron chi connectivity index (χ0n) is 12.7. The quantitative estimate of drug-likeness (QED) is 0.672. The summed E-state index contributed by atoms with van der Waals surface area (Å²) in [5, 5.41) is 3.64. The van der Waals surface area contributed by atoms with Crippen LogP contribution in [0.3, 0.4) is 0 Å². The number of alkyl halides is 6. The van der Waals surface area contributed by atoms with Gasteiger partial charge in [0.25, 0.3) is 0 Å². The van der Waals surface area contributed by atoms with Crippen LogP contribution in [-0.4, -0.2) is 49.6 Å². The number of nitrogens with two attached hydrogens (primary N) is 1. The Kier molecular flexibility index (Phi) is 9.65. The fourth-order valence-corrected chi connectivity index (χ4v) is 0.728. The lowest BCUT2D eigenvalue weighted by molar-refractivity contribution is -0.137. The molecular formula is C11H19F6N3O3. The number of nitrogens with one attached hydrogen (secondary N) is 2. The Balaban J connectivity index is 0. The van der Waals surface area contributed by atoms with Gasteiger partial charge in [-0.3, -0.25) is 4.79 Å². The van der Waals surface area contributed by atoms with Crippen molar-refractivity contribution in [3.8, 4) is 0 Å². The number of rotatable bonds is 3. The number of amides is 2. The monoisotopic (exact) mass is 355 g/mol. The number of alkyl carbamates (subject to hydrolysis) is 1. The number of carbonyl (C=O) groups excluding carboxylic acids is 2. The van der Waals surface area contributed by atoms with Crippen molar-refractivity contribution in [2.45, 2.75) is 38.7 Å². The van der Waals surface area contributed by atoms with Crippen LogP contribution in [0.1, 0.15) is 20.8 Å². The van der Waals surface area contributed by atoms with Crippen LogP contribution >= 0.6 is 0 Å². The van der Waals surface area contributed by atoms with E-state index >= 15 is 0 Å². The summed E-state index contributed by atoms with van der Waals surface area (Å²) < 4.78 is 71.9. The molecule has 0 saturated carbocycles. The molecule has 0 aliphatic heterocycles. The van der Waals surface area contributed by atoms with Gasteiger partial charge < -0.3 is 21.1 Å². The highest BCUT2D eigenvalue weighted by Crippen LogP contribution is 2.12. The third-order valence-corrected chi connectivity index (χ3v) is 1.51. The molecule has 0 spiro atoms. The van der Waals surface area contributed by atoms with Gasteiger partial charge >= 0.3 is 18.4 Å². The lowest BCUT2D eigenvalue weighted by Crippen LogP contribution is -2.42. The van der Waals surface area contributed by atoms with Gasteiger partial charge in [-0.15, -0.1) is 0 Å². The second-order valence-electron chi connectivity index (χ2n) is 5.07. The SMILES string of the molecule is CC(C)(C)OC(=O)NCC(=O)NCC(F)(F)F.NCC(F)(F)F. The van der Waals surface area contributed by atoms with Gasteiger partial charge in [0.2, 0.25) is 5.91 Å². The van der Waals surface area contributed by atoms with E-state index in [1.807, 2.05) is 5.32 Å². The topological polar surface area (TPSA) is 93.4 Å². The predicted octanol–water partition coefficient (Wildman–Crippen LogP) is 1.70. The van der Waals surface area contributed by atoms with Gasteiger partial charge in [0.15, 0.2) is 0 Å². The summed E-state index contributed by atoms with van der Waals surface area (Å²) in [7, 11) is 0. The van der Waals surface area contributed by atoms with E-state index in [1.165, 1.54) is 0 Å². The highest BCUT2D eigenvalue weighted by Gasteiger charge is 2.27. The maximum Gasteiger partial charge on any atom is 0.408 e. The molecule has 0 saturated heterocycles. The van der Waals surface area contributed by atoms with Crippen LogP contribution in [0.2, 0.25) is 0 Å². The molecule has 0 aromatic heterocycles. The second-order valence-corrected chi connectivity index (χ2v) is 5.07. The van der Waals surface area contributed by atoms with E-state index in [0.717, 1.165) is 0 Å². The molecule has 0 unspecified atom stereocenters. The van der Waals surface area contributed by atoms with Crippen molar-refractivity contribution in [2.24, 2.45) is 5.73 Å². The maximum atomic E-state index is 11.7. The lowest BCUT2D eigenvalue weighted by Gasteiger charge is -2.19. The van der Waals surface area contributed by atoms with Crippen LogP contribution in [0.15, 0.2) is 0 Å². The van der Waals surface area contributed by atoms with Gasteiger partial charge in [-0.1, -0.05) is 0 Å². The minimum Gasteiger partial charge on any atom is -0.444 e. The molecule has 0 radical (unpaired) electrons.